The summed E-state index contributed by atoms with van der Waals surface area (Å²) in [5, 5.41) is 3.15. The van der Waals surface area contributed by atoms with Gasteiger partial charge in [-0.15, -0.1) is 0 Å². The Balaban J connectivity index is 1.60. The quantitative estimate of drug-likeness (QED) is 0.935. The van der Waals surface area contributed by atoms with Crippen LogP contribution in [0.4, 0.5) is 5.95 Å². The van der Waals surface area contributed by atoms with E-state index in [1.165, 1.54) is 5.56 Å². The first-order valence-electron chi connectivity index (χ1n) is 7.22. The fourth-order valence-corrected chi connectivity index (χ4v) is 2.41. The molecular formula is C16H18N4O. The highest BCUT2D eigenvalue weighted by Gasteiger charge is 2.19. The number of nitrogens with one attached hydrogen (secondary N) is 1. The van der Waals surface area contributed by atoms with E-state index in [0.29, 0.717) is 18.1 Å². The van der Waals surface area contributed by atoms with Gasteiger partial charge in [0.15, 0.2) is 0 Å². The zero-order valence-electron chi connectivity index (χ0n) is 11.8. The molecule has 0 spiro atoms. The maximum atomic E-state index is 12.2. The molecule has 1 saturated heterocycles. The predicted molar refractivity (Wildman–Crippen MR) is 80.9 cm³/mol. The van der Waals surface area contributed by atoms with Crippen LogP contribution < -0.4 is 5.32 Å². The first-order valence-corrected chi connectivity index (χ1v) is 7.22. The molecular weight excluding hydrogens is 264 g/mol. The molecule has 0 aliphatic carbocycles. The van der Waals surface area contributed by atoms with Crippen molar-refractivity contribution < 1.29 is 4.79 Å². The van der Waals surface area contributed by atoms with Gasteiger partial charge in [-0.05, 0) is 18.4 Å². The Morgan fingerprint density at radius 2 is 1.76 bits per heavy atom. The molecule has 0 bridgehead atoms. The minimum Gasteiger partial charge on any atom is -0.350 e. The monoisotopic (exact) mass is 282 g/mol. The van der Waals surface area contributed by atoms with Gasteiger partial charge >= 0.3 is 0 Å². The molecule has 3 rings (SSSR count). The van der Waals surface area contributed by atoms with Gasteiger partial charge in [-0.2, -0.15) is 0 Å². The van der Waals surface area contributed by atoms with Gasteiger partial charge in [0.25, 0.3) is 5.91 Å². The summed E-state index contributed by atoms with van der Waals surface area (Å²) in [4.78, 5) is 22.5. The minimum absolute atomic E-state index is 0.0297. The zero-order valence-corrected chi connectivity index (χ0v) is 11.8. The molecule has 0 atom stereocenters. The van der Waals surface area contributed by atoms with Crippen molar-refractivity contribution in [2.45, 2.75) is 19.4 Å². The van der Waals surface area contributed by atoms with Crippen molar-refractivity contribution in [2.75, 3.05) is 18.4 Å². The topological polar surface area (TPSA) is 58.1 Å². The van der Waals surface area contributed by atoms with Gasteiger partial charge < -0.3 is 10.2 Å². The molecule has 0 saturated carbocycles. The summed E-state index contributed by atoms with van der Waals surface area (Å²) in [7, 11) is 0. The van der Waals surface area contributed by atoms with Crippen molar-refractivity contribution in [3.05, 3.63) is 53.9 Å². The van der Waals surface area contributed by atoms with Crippen molar-refractivity contribution in [3.63, 3.8) is 0 Å². The number of rotatable bonds is 4. The third-order valence-corrected chi connectivity index (χ3v) is 3.59. The van der Waals surface area contributed by atoms with Crippen molar-refractivity contribution >= 4 is 11.9 Å². The molecule has 21 heavy (non-hydrogen) atoms. The Morgan fingerprint density at radius 3 is 2.43 bits per heavy atom. The van der Waals surface area contributed by atoms with Gasteiger partial charge in [-0.25, -0.2) is 9.97 Å². The van der Waals surface area contributed by atoms with Crippen LogP contribution in [-0.2, 0) is 6.54 Å². The van der Waals surface area contributed by atoms with E-state index >= 15 is 0 Å². The lowest BCUT2D eigenvalue weighted by Gasteiger charge is -2.14. The molecule has 0 radical (unpaired) electrons. The maximum Gasteiger partial charge on any atom is 0.256 e. The smallest absolute Gasteiger partial charge is 0.256 e. The Labute approximate surface area is 124 Å². The van der Waals surface area contributed by atoms with Gasteiger partial charge in [-0.1, -0.05) is 30.3 Å². The van der Waals surface area contributed by atoms with Crippen LogP contribution in [0.5, 0.6) is 0 Å². The van der Waals surface area contributed by atoms with Crippen molar-refractivity contribution in [3.8, 4) is 0 Å². The lowest BCUT2D eigenvalue weighted by atomic mass is 10.2. The van der Waals surface area contributed by atoms with E-state index in [9.17, 15) is 4.79 Å². The largest absolute Gasteiger partial charge is 0.350 e. The first kappa shape index (κ1) is 13.5. The number of nitrogens with zero attached hydrogens (tertiary/aromatic N) is 3. The highest BCUT2D eigenvalue weighted by Crippen LogP contribution is 2.12. The lowest BCUT2D eigenvalue weighted by molar-refractivity contribution is 0.0792. The van der Waals surface area contributed by atoms with E-state index in [1.54, 1.807) is 12.4 Å². The number of benzene rings is 1. The third-order valence-electron chi connectivity index (χ3n) is 3.59. The number of aromatic nitrogens is 2. The molecule has 5 heteroatoms. The van der Waals surface area contributed by atoms with E-state index in [0.717, 1.165) is 25.9 Å². The van der Waals surface area contributed by atoms with E-state index in [-0.39, 0.29) is 5.91 Å². The van der Waals surface area contributed by atoms with Gasteiger partial charge in [0.2, 0.25) is 5.95 Å². The zero-order chi connectivity index (χ0) is 14.5. The van der Waals surface area contributed by atoms with Gasteiger partial charge in [-0.3, -0.25) is 4.79 Å². The SMILES string of the molecule is O=C(c1cnc(NCc2ccccc2)nc1)N1CCCC1. The second kappa shape index (κ2) is 6.35. The Hall–Kier alpha value is -2.43. The van der Waals surface area contributed by atoms with Crippen LogP contribution in [0.15, 0.2) is 42.7 Å². The third kappa shape index (κ3) is 3.37. The molecule has 0 unspecified atom stereocenters. The fraction of sp³-hybridized carbons (Fsp3) is 0.312. The molecule has 1 fully saturated rings. The molecule has 1 aliphatic rings. The normalized spacial score (nSPS) is 14.2. The molecule has 1 aromatic carbocycles. The highest BCUT2D eigenvalue weighted by atomic mass is 16.2. The Bertz CT molecular complexity index is 591. The summed E-state index contributed by atoms with van der Waals surface area (Å²) in [5.74, 6) is 0.568. The number of carbonyl (C=O) groups excluding carboxylic acids is 1. The average Bonchev–Trinajstić information content (AvgIpc) is 3.08. The van der Waals surface area contributed by atoms with Crippen molar-refractivity contribution in [1.82, 2.24) is 14.9 Å². The summed E-state index contributed by atoms with van der Waals surface area (Å²) in [6, 6.07) is 10.1. The summed E-state index contributed by atoms with van der Waals surface area (Å²) in [6.07, 6.45) is 5.37. The van der Waals surface area contributed by atoms with Crippen LogP contribution in [0, 0.1) is 0 Å². The number of amides is 1. The summed E-state index contributed by atoms with van der Waals surface area (Å²) in [5.41, 5.74) is 1.72. The van der Waals surface area contributed by atoms with Crippen LogP contribution in [0.2, 0.25) is 0 Å². The van der Waals surface area contributed by atoms with E-state index in [2.05, 4.69) is 15.3 Å². The van der Waals surface area contributed by atoms with Crippen LogP contribution >= 0.6 is 0 Å². The molecule has 1 aromatic heterocycles. The number of likely N-dealkylation sites (tertiary alicyclic amines) is 1. The van der Waals surface area contributed by atoms with Crippen LogP contribution in [0.1, 0.15) is 28.8 Å². The van der Waals surface area contributed by atoms with Crippen molar-refractivity contribution in [2.24, 2.45) is 0 Å². The van der Waals surface area contributed by atoms with Gasteiger partial charge in [0.1, 0.15) is 0 Å². The molecule has 1 aliphatic heterocycles. The molecule has 2 aromatic rings. The molecule has 5 nitrogen and oxygen atoms in total. The minimum atomic E-state index is 0.0297. The maximum absolute atomic E-state index is 12.2. The van der Waals surface area contributed by atoms with Crippen LogP contribution in [0.3, 0.4) is 0 Å². The van der Waals surface area contributed by atoms with E-state index in [1.807, 2.05) is 35.2 Å². The number of anilines is 1. The average molecular weight is 282 g/mol. The molecule has 2 heterocycles. The molecule has 108 valence electrons. The van der Waals surface area contributed by atoms with Gasteiger partial charge in [0.05, 0.1) is 5.56 Å². The summed E-state index contributed by atoms with van der Waals surface area (Å²) in [6.45, 7) is 2.35. The number of carbonyl (C=O) groups is 1. The lowest BCUT2D eigenvalue weighted by Crippen LogP contribution is -2.27. The Kier molecular flexibility index (Phi) is 4.09. The fourth-order valence-electron chi connectivity index (χ4n) is 2.41. The molecule has 1 amide bonds. The predicted octanol–water partition coefficient (Wildman–Crippen LogP) is 2.32. The molecule has 1 N–H and O–H groups in total. The van der Waals surface area contributed by atoms with Gasteiger partial charge in [0, 0.05) is 32.0 Å². The first-order chi connectivity index (χ1) is 10.3. The Morgan fingerprint density at radius 1 is 1.10 bits per heavy atom. The second-order valence-electron chi connectivity index (χ2n) is 5.13. The highest BCUT2D eigenvalue weighted by molar-refractivity contribution is 5.93. The number of hydrogen-bond acceptors (Lipinski definition) is 4. The number of hydrogen-bond donors (Lipinski definition) is 1. The van der Waals surface area contributed by atoms with Crippen molar-refractivity contribution in [1.29, 1.82) is 0 Å². The van der Waals surface area contributed by atoms with Crippen LogP contribution in [0.25, 0.3) is 0 Å². The van der Waals surface area contributed by atoms with E-state index in [4.69, 9.17) is 0 Å². The second-order valence-corrected chi connectivity index (χ2v) is 5.13. The summed E-state index contributed by atoms with van der Waals surface area (Å²) < 4.78 is 0. The standard InChI is InChI=1S/C16H18N4O/c21-15(20-8-4-5-9-20)14-11-18-16(19-12-14)17-10-13-6-2-1-3-7-13/h1-3,6-7,11-12H,4-5,8-10H2,(H,17,18,19). The van der Waals surface area contributed by atoms with Crippen LogP contribution in [-0.4, -0.2) is 33.9 Å². The summed E-state index contributed by atoms with van der Waals surface area (Å²) >= 11 is 0. The van der Waals surface area contributed by atoms with E-state index < -0.39 is 0 Å².